The van der Waals surface area contributed by atoms with Gasteiger partial charge in [0, 0.05) is 23.2 Å². The molecular formula is C21H20N4OS. The normalized spacial score (nSPS) is 11.0. The van der Waals surface area contributed by atoms with Gasteiger partial charge in [-0.1, -0.05) is 31.2 Å². The van der Waals surface area contributed by atoms with Crippen molar-refractivity contribution in [1.29, 1.82) is 0 Å². The molecule has 27 heavy (non-hydrogen) atoms. The highest BCUT2D eigenvalue weighted by Crippen LogP contribution is 2.36. The van der Waals surface area contributed by atoms with E-state index < -0.39 is 0 Å². The Balaban J connectivity index is 1.68. The van der Waals surface area contributed by atoms with Crippen LogP contribution in [0.5, 0.6) is 5.75 Å². The number of thiophene rings is 1. The number of nitrogens with zero attached hydrogens (tertiary/aromatic N) is 2. The minimum Gasteiger partial charge on any atom is -0.508 e. The molecular weight excluding hydrogens is 356 g/mol. The molecule has 3 N–H and O–H groups in total. The van der Waals surface area contributed by atoms with Gasteiger partial charge in [0.25, 0.3) is 0 Å². The van der Waals surface area contributed by atoms with Crippen LogP contribution < -0.4 is 10.6 Å². The smallest absolute Gasteiger partial charge is 0.151 e. The van der Waals surface area contributed by atoms with Crippen LogP contribution in [-0.2, 0) is 6.54 Å². The van der Waals surface area contributed by atoms with Gasteiger partial charge >= 0.3 is 0 Å². The Morgan fingerprint density at radius 1 is 1.04 bits per heavy atom. The Bertz CT molecular complexity index is 1080. The van der Waals surface area contributed by atoms with E-state index >= 15 is 0 Å². The van der Waals surface area contributed by atoms with Crippen molar-refractivity contribution in [2.45, 2.75) is 13.5 Å². The fourth-order valence-electron chi connectivity index (χ4n) is 2.91. The zero-order valence-corrected chi connectivity index (χ0v) is 15.8. The Hall–Kier alpha value is -2.96. The van der Waals surface area contributed by atoms with E-state index in [2.05, 4.69) is 57.9 Å². The molecule has 0 aliphatic heterocycles. The van der Waals surface area contributed by atoms with Crippen molar-refractivity contribution in [2.75, 3.05) is 11.9 Å². The summed E-state index contributed by atoms with van der Waals surface area (Å²) < 4.78 is 0.993. The predicted molar refractivity (Wildman–Crippen MR) is 112 cm³/mol. The second-order valence-corrected chi connectivity index (χ2v) is 7.26. The molecule has 0 aliphatic rings. The van der Waals surface area contributed by atoms with Crippen molar-refractivity contribution in [3.63, 3.8) is 0 Å². The number of anilines is 2. The van der Waals surface area contributed by atoms with Gasteiger partial charge in [-0.15, -0.1) is 11.3 Å². The largest absolute Gasteiger partial charge is 0.508 e. The summed E-state index contributed by atoms with van der Waals surface area (Å²) in [5.41, 5.74) is 4.13. The molecule has 2 heterocycles. The van der Waals surface area contributed by atoms with Crippen LogP contribution in [0.15, 0.2) is 60.9 Å². The summed E-state index contributed by atoms with van der Waals surface area (Å²) in [5.74, 6) is 0.959. The number of phenolic OH excluding ortho intramolecular Hbond substituents is 1. The first-order chi connectivity index (χ1) is 13.2. The highest BCUT2D eigenvalue weighted by atomic mass is 32.1. The number of hydrogen-bond donors (Lipinski definition) is 3. The molecule has 0 unspecified atom stereocenters. The lowest BCUT2D eigenvalue weighted by molar-refractivity contribution is 0.475. The zero-order chi connectivity index (χ0) is 18.6. The lowest BCUT2D eigenvalue weighted by atomic mass is 10.1. The van der Waals surface area contributed by atoms with Crippen LogP contribution in [0.3, 0.4) is 0 Å². The highest BCUT2D eigenvalue weighted by molar-refractivity contribution is 7.22. The van der Waals surface area contributed by atoms with Gasteiger partial charge < -0.3 is 15.7 Å². The van der Waals surface area contributed by atoms with Gasteiger partial charge in [-0.2, -0.15) is 0 Å². The molecule has 0 fully saturated rings. The van der Waals surface area contributed by atoms with Crippen LogP contribution in [0.25, 0.3) is 20.7 Å². The molecule has 0 amide bonds. The number of fused-ring (bicyclic) bond motifs is 1. The minimum atomic E-state index is 0.217. The Morgan fingerprint density at radius 3 is 2.78 bits per heavy atom. The van der Waals surface area contributed by atoms with Crippen LogP contribution in [-0.4, -0.2) is 21.6 Å². The van der Waals surface area contributed by atoms with Gasteiger partial charge in [-0.25, -0.2) is 9.97 Å². The van der Waals surface area contributed by atoms with E-state index in [1.807, 2.05) is 6.07 Å². The number of rotatable bonds is 6. The predicted octanol–water partition coefficient (Wildman–Crippen LogP) is 4.92. The van der Waals surface area contributed by atoms with Gasteiger partial charge in [0.15, 0.2) is 5.82 Å². The quantitative estimate of drug-likeness (QED) is 0.446. The summed E-state index contributed by atoms with van der Waals surface area (Å²) in [6.07, 6.45) is 1.56. The average Bonchev–Trinajstić information content (AvgIpc) is 3.12. The van der Waals surface area contributed by atoms with E-state index in [1.54, 1.807) is 35.9 Å². The molecule has 0 aliphatic carbocycles. The summed E-state index contributed by atoms with van der Waals surface area (Å²) in [6, 6.07) is 17.7. The fourth-order valence-corrected chi connectivity index (χ4v) is 3.96. The summed E-state index contributed by atoms with van der Waals surface area (Å²) in [7, 11) is 0. The van der Waals surface area contributed by atoms with Crippen molar-refractivity contribution in [1.82, 2.24) is 15.3 Å². The molecule has 5 nitrogen and oxygen atoms in total. The van der Waals surface area contributed by atoms with Crippen molar-refractivity contribution >= 4 is 33.1 Å². The second-order valence-electron chi connectivity index (χ2n) is 6.20. The molecule has 0 atom stereocenters. The molecule has 0 saturated carbocycles. The third kappa shape index (κ3) is 3.92. The molecule has 2 aromatic heterocycles. The Labute approximate surface area is 161 Å². The molecule has 136 valence electrons. The number of phenols is 1. The molecule has 0 spiro atoms. The van der Waals surface area contributed by atoms with Gasteiger partial charge in [0.1, 0.15) is 12.1 Å². The number of aromatic nitrogens is 2. The first kappa shape index (κ1) is 17.5. The minimum absolute atomic E-state index is 0.217. The van der Waals surface area contributed by atoms with Crippen LogP contribution in [0.4, 0.5) is 11.5 Å². The molecule has 0 radical (unpaired) electrons. The maximum absolute atomic E-state index is 9.67. The molecule has 2 aromatic carbocycles. The SMILES string of the molecule is CCNCc1cccc(-c2cc3ncnc(Nc4cccc(O)c4)c3s2)c1. The van der Waals surface area contributed by atoms with E-state index in [0.29, 0.717) is 0 Å². The summed E-state index contributed by atoms with van der Waals surface area (Å²) in [4.78, 5) is 9.97. The maximum Gasteiger partial charge on any atom is 0.151 e. The van der Waals surface area contributed by atoms with E-state index in [4.69, 9.17) is 0 Å². The maximum atomic E-state index is 9.67. The summed E-state index contributed by atoms with van der Waals surface area (Å²) in [5, 5.41) is 16.3. The third-order valence-corrected chi connectivity index (χ3v) is 5.39. The van der Waals surface area contributed by atoms with E-state index in [9.17, 15) is 5.11 Å². The fraction of sp³-hybridized carbons (Fsp3) is 0.143. The Morgan fingerprint density at radius 2 is 1.93 bits per heavy atom. The second kappa shape index (κ2) is 7.73. The lowest BCUT2D eigenvalue weighted by Gasteiger charge is -2.06. The molecule has 4 aromatic rings. The topological polar surface area (TPSA) is 70.1 Å². The molecule has 0 bridgehead atoms. The number of nitrogens with one attached hydrogen (secondary N) is 2. The van der Waals surface area contributed by atoms with Crippen molar-refractivity contribution < 1.29 is 5.11 Å². The molecule has 0 saturated heterocycles. The average molecular weight is 376 g/mol. The highest BCUT2D eigenvalue weighted by Gasteiger charge is 2.11. The first-order valence-electron chi connectivity index (χ1n) is 8.83. The first-order valence-corrected chi connectivity index (χ1v) is 9.65. The van der Waals surface area contributed by atoms with Crippen LogP contribution in [0.2, 0.25) is 0 Å². The number of hydrogen-bond acceptors (Lipinski definition) is 6. The van der Waals surface area contributed by atoms with Gasteiger partial charge in [-0.3, -0.25) is 0 Å². The number of aromatic hydroxyl groups is 1. The van der Waals surface area contributed by atoms with E-state index in [1.165, 1.54) is 11.1 Å². The Kier molecular flexibility index (Phi) is 5.00. The summed E-state index contributed by atoms with van der Waals surface area (Å²) >= 11 is 1.66. The standard InChI is InChI=1S/C21H20N4OS/c1-2-22-12-14-5-3-6-15(9-14)19-11-18-20(27-19)21(24-13-23-18)25-16-7-4-8-17(26)10-16/h3-11,13,22,26H,2,12H2,1H3,(H,23,24,25). The van der Waals surface area contributed by atoms with E-state index in [-0.39, 0.29) is 5.75 Å². The molecule has 6 heteroatoms. The van der Waals surface area contributed by atoms with Gasteiger partial charge in [0.2, 0.25) is 0 Å². The number of benzene rings is 2. The van der Waals surface area contributed by atoms with Crippen LogP contribution in [0, 0.1) is 0 Å². The van der Waals surface area contributed by atoms with Crippen molar-refractivity contribution in [2.24, 2.45) is 0 Å². The van der Waals surface area contributed by atoms with Crippen LogP contribution in [0.1, 0.15) is 12.5 Å². The molecule has 4 rings (SSSR count). The van der Waals surface area contributed by atoms with Crippen molar-refractivity contribution in [3.8, 4) is 16.2 Å². The van der Waals surface area contributed by atoms with Gasteiger partial charge in [-0.05, 0) is 41.9 Å². The zero-order valence-electron chi connectivity index (χ0n) is 14.9. The van der Waals surface area contributed by atoms with E-state index in [0.717, 1.165) is 39.7 Å². The van der Waals surface area contributed by atoms with Crippen LogP contribution >= 0.6 is 11.3 Å². The summed E-state index contributed by atoms with van der Waals surface area (Å²) in [6.45, 7) is 3.92. The lowest BCUT2D eigenvalue weighted by Crippen LogP contribution is -2.11. The van der Waals surface area contributed by atoms with Gasteiger partial charge in [0.05, 0.1) is 10.2 Å². The van der Waals surface area contributed by atoms with Crippen molar-refractivity contribution in [3.05, 3.63) is 66.5 Å². The monoisotopic (exact) mass is 376 g/mol. The third-order valence-electron chi connectivity index (χ3n) is 4.21.